The van der Waals surface area contributed by atoms with Crippen LogP contribution in [0.4, 0.5) is 5.69 Å². The van der Waals surface area contributed by atoms with Gasteiger partial charge in [0.2, 0.25) is 0 Å². The lowest BCUT2D eigenvalue weighted by Crippen LogP contribution is -2.23. The number of nitrogens with two attached hydrogens (primary N) is 1. The molecule has 1 heterocycles. The van der Waals surface area contributed by atoms with E-state index in [1.54, 1.807) is 0 Å². The fourth-order valence-electron chi connectivity index (χ4n) is 2.47. The monoisotopic (exact) mass is 474 g/mol. The van der Waals surface area contributed by atoms with Crippen molar-refractivity contribution >= 4 is 35.6 Å². The van der Waals surface area contributed by atoms with Crippen LogP contribution >= 0.6 is 24.0 Å². The minimum atomic E-state index is 0. The van der Waals surface area contributed by atoms with Gasteiger partial charge in [-0.25, -0.2) is 0 Å². The number of anilines is 1. The quantitative estimate of drug-likeness (QED) is 0.345. The number of hydrogen-bond acceptors (Lipinski definition) is 5. The predicted octanol–water partition coefficient (Wildman–Crippen LogP) is 3.68. The first kappa shape index (κ1) is 22.1. The van der Waals surface area contributed by atoms with Gasteiger partial charge in [-0.05, 0) is 46.2 Å². The Bertz CT molecular complexity index is 712. The van der Waals surface area contributed by atoms with E-state index in [0.29, 0.717) is 31.5 Å². The Morgan fingerprint density at radius 1 is 1.23 bits per heavy atom. The molecule has 3 N–H and O–H groups in total. The lowest BCUT2D eigenvalue weighted by atomic mass is 10.1. The number of nitrogens with one attached hydrogen (secondary N) is 1. The average molecular weight is 474 g/mol. The van der Waals surface area contributed by atoms with E-state index in [-0.39, 0.29) is 24.0 Å². The summed E-state index contributed by atoms with van der Waals surface area (Å²) < 4.78 is 16.3. The Morgan fingerprint density at radius 3 is 2.58 bits per heavy atom. The van der Waals surface area contributed by atoms with Crippen LogP contribution in [0.15, 0.2) is 27.7 Å². The molecule has 0 aliphatic rings. The van der Waals surface area contributed by atoms with Gasteiger partial charge in [0.15, 0.2) is 5.96 Å². The van der Waals surface area contributed by atoms with Gasteiger partial charge < -0.3 is 25.0 Å². The minimum absolute atomic E-state index is 0. The second kappa shape index (κ2) is 10.9. The maximum Gasteiger partial charge on any atom is 0.193 e. The summed E-state index contributed by atoms with van der Waals surface area (Å²) in [5.41, 5.74) is 8.71. The first-order valence-electron chi connectivity index (χ1n) is 8.43. The van der Waals surface area contributed by atoms with Crippen LogP contribution < -0.4 is 20.5 Å². The van der Waals surface area contributed by atoms with Crippen LogP contribution in [0.2, 0.25) is 0 Å². The predicted molar refractivity (Wildman–Crippen MR) is 114 cm³/mol. The number of hydrogen-bond donors (Lipinski definition) is 2. The molecule has 0 saturated heterocycles. The maximum atomic E-state index is 6.01. The second-order valence-corrected chi connectivity index (χ2v) is 5.47. The van der Waals surface area contributed by atoms with E-state index in [2.05, 4.69) is 15.5 Å². The number of ether oxygens (including phenoxy) is 2. The van der Waals surface area contributed by atoms with Gasteiger partial charge >= 0.3 is 0 Å². The molecule has 0 fully saturated rings. The summed E-state index contributed by atoms with van der Waals surface area (Å²) in [7, 11) is 0. The highest BCUT2D eigenvalue weighted by atomic mass is 127. The number of benzene rings is 1. The van der Waals surface area contributed by atoms with Gasteiger partial charge in [-0.1, -0.05) is 5.16 Å². The Balaban J connectivity index is 0.00000338. The molecule has 0 radical (unpaired) electrons. The highest BCUT2D eigenvalue weighted by molar-refractivity contribution is 14.0. The summed E-state index contributed by atoms with van der Waals surface area (Å²) in [4.78, 5) is 4.37. The van der Waals surface area contributed by atoms with E-state index in [1.165, 1.54) is 0 Å². The SMILES string of the molecule is CCOc1ccc(OCC)c(NC(N)=NCCc2c(C)noc2C)c1.I. The molecule has 1 aromatic heterocycles. The zero-order valence-electron chi connectivity index (χ0n) is 15.7. The van der Waals surface area contributed by atoms with E-state index in [4.69, 9.17) is 19.7 Å². The summed E-state index contributed by atoms with van der Waals surface area (Å²) in [6, 6.07) is 5.57. The van der Waals surface area contributed by atoms with Crippen LogP contribution in [0.5, 0.6) is 11.5 Å². The Hall–Kier alpha value is -1.97. The van der Waals surface area contributed by atoms with Gasteiger partial charge in [-0.3, -0.25) is 4.99 Å². The van der Waals surface area contributed by atoms with Crippen molar-refractivity contribution < 1.29 is 14.0 Å². The molecule has 0 amide bonds. The average Bonchev–Trinajstić information content (AvgIpc) is 2.89. The number of aliphatic imine (C=N–C) groups is 1. The molecule has 2 aromatic rings. The molecule has 0 unspecified atom stereocenters. The largest absolute Gasteiger partial charge is 0.494 e. The number of guanidine groups is 1. The third kappa shape index (κ3) is 6.08. The smallest absolute Gasteiger partial charge is 0.193 e. The highest BCUT2D eigenvalue weighted by Gasteiger charge is 2.09. The van der Waals surface area contributed by atoms with Crippen LogP contribution in [-0.4, -0.2) is 30.9 Å². The normalized spacial score (nSPS) is 11.0. The van der Waals surface area contributed by atoms with Crippen LogP contribution in [0, 0.1) is 13.8 Å². The van der Waals surface area contributed by atoms with Crippen LogP contribution in [0.3, 0.4) is 0 Å². The van der Waals surface area contributed by atoms with Crippen molar-refractivity contribution in [1.82, 2.24) is 5.16 Å². The first-order valence-corrected chi connectivity index (χ1v) is 8.43. The Kier molecular flexibility index (Phi) is 9.25. The Labute approximate surface area is 171 Å². The molecule has 7 nitrogen and oxygen atoms in total. The van der Waals surface area contributed by atoms with Crippen molar-refractivity contribution in [2.24, 2.45) is 10.7 Å². The van der Waals surface area contributed by atoms with Crippen molar-refractivity contribution in [2.75, 3.05) is 25.1 Å². The number of aromatic nitrogens is 1. The Morgan fingerprint density at radius 2 is 1.96 bits per heavy atom. The second-order valence-electron chi connectivity index (χ2n) is 5.47. The van der Waals surface area contributed by atoms with Gasteiger partial charge in [0.1, 0.15) is 17.3 Å². The molecule has 0 aliphatic heterocycles. The topological polar surface area (TPSA) is 94.9 Å². The fourth-order valence-corrected chi connectivity index (χ4v) is 2.47. The lowest BCUT2D eigenvalue weighted by molar-refractivity contribution is 0.332. The van der Waals surface area contributed by atoms with Crippen molar-refractivity contribution in [3.05, 3.63) is 35.2 Å². The van der Waals surface area contributed by atoms with Crippen molar-refractivity contribution in [3.8, 4) is 11.5 Å². The number of aryl methyl sites for hydroxylation is 2. The standard InChI is InChI=1S/C18H26N4O3.HI/c1-5-23-14-7-8-17(24-6-2)16(11-14)21-18(19)20-10-9-15-12(3)22-25-13(15)4;/h7-8,11H,5-6,9-10H2,1-4H3,(H3,19,20,21);1H. The van der Waals surface area contributed by atoms with E-state index in [9.17, 15) is 0 Å². The summed E-state index contributed by atoms with van der Waals surface area (Å²) in [5.74, 6) is 2.59. The molecular weight excluding hydrogens is 447 g/mol. The molecule has 0 saturated carbocycles. The lowest BCUT2D eigenvalue weighted by Gasteiger charge is -2.14. The van der Waals surface area contributed by atoms with Gasteiger partial charge in [0.25, 0.3) is 0 Å². The van der Waals surface area contributed by atoms with E-state index in [1.807, 2.05) is 45.9 Å². The maximum absolute atomic E-state index is 6.01. The molecular formula is C18H27IN4O3. The van der Waals surface area contributed by atoms with Gasteiger partial charge in [-0.2, -0.15) is 0 Å². The van der Waals surface area contributed by atoms with Crippen LogP contribution in [-0.2, 0) is 6.42 Å². The minimum Gasteiger partial charge on any atom is -0.494 e. The summed E-state index contributed by atoms with van der Waals surface area (Å²) in [5, 5.41) is 7.03. The third-order valence-electron chi connectivity index (χ3n) is 3.65. The summed E-state index contributed by atoms with van der Waals surface area (Å²) >= 11 is 0. The van der Waals surface area contributed by atoms with E-state index in [0.717, 1.165) is 34.9 Å². The molecule has 0 bridgehead atoms. The number of nitrogens with zero attached hydrogens (tertiary/aromatic N) is 2. The summed E-state index contributed by atoms with van der Waals surface area (Å²) in [6.45, 7) is 9.38. The van der Waals surface area contributed by atoms with Gasteiger partial charge in [0, 0.05) is 18.2 Å². The molecule has 8 heteroatoms. The van der Waals surface area contributed by atoms with Crippen LogP contribution in [0.25, 0.3) is 0 Å². The van der Waals surface area contributed by atoms with Crippen molar-refractivity contribution in [2.45, 2.75) is 34.1 Å². The summed E-state index contributed by atoms with van der Waals surface area (Å²) in [6.07, 6.45) is 0.723. The molecule has 144 valence electrons. The van der Waals surface area contributed by atoms with Crippen molar-refractivity contribution in [3.63, 3.8) is 0 Å². The molecule has 1 aromatic carbocycles. The van der Waals surface area contributed by atoms with E-state index >= 15 is 0 Å². The van der Waals surface area contributed by atoms with E-state index < -0.39 is 0 Å². The fraction of sp³-hybridized carbons (Fsp3) is 0.444. The molecule has 0 spiro atoms. The molecule has 26 heavy (non-hydrogen) atoms. The third-order valence-corrected chi connectivity index (χ3v) is 3.65. The highest BCUT2D eigenvalue weighted by Crippen LogP contribution is 2.29. The zero-order chi connectivity index (χ0) is 18.2. The van der Waals surface area contributed by atoms with Crippen molar-refractivity contribution in [1.29, 1.82) is 0 Å². The first-order chi connectivity index (χ1) is 12.0. The number of halogens is 1. The van der Waals surface area contributed by atoms with Crippen LogP contribution in [0.1, 0.15) is 30.9 Å². The van der Waals surface area contributed by atoms with Gasteiger partial charge in [0.05, 0.1) is 24.6 Å². The van der Waals surface area contributed by atoms with Gasteiger partial charge in [-0.15, -0.1) is 24.0 Å². The molecule has 2 rings (SSSR count). The molecule has 0 atom stereocenters. The number of rotatable bonds is 8. The molecule has 0 aliphatic carbocycles. The zero-order valence-corrected chi connectivity index (χ0v) is 18.0.